The molecule has 6 nitrogen and oxygen atoms in total. The molecule has 7 rings (SSSR count). The minimum Gasteiger partial charge on any atom is -0.490 e. The number of benzene rings is 3. The number of amides is 1. The van der Waals surface area contributed by atoms with E-state index in [9.17, 15) is 13.2 Å². The molecule has 214 valence electrons. The number of fused-ring (bicyclic) bond motifs is 6. The minimum atomic E-state index is -4.06. The highest BCUT2D eigenvalue weighted by Crippen LogP contribution is 2.47. The van der Waals surface area contributed by atoms with Gasteiger partial charge in [-0.05, 0) is 103 Å². The Labute approximate surface area is 250 Å². The number of nitrogens with zero attached hydrogens (tertiary/aromatic N) is 1. The first kappa shape index (κ1) is 27.2. The highest BCUT2D eigenvalue weighted by Gasteiger charge is 2.43. The number of thioether (sulfide) groups is 1. The van der Waals surface area contributed by atoms with Crippen LogP contribution in [0, 0.1) is 11.8 Å². The first-order chi connectivity index (χ1) is 19.8. The molecule has 2 heterocycles. The molecule has 1 saturated carbocycles. The van der Waals surface area contributed by atoms with Gasteiger partial charge in [-0.25, -0.2) is 13.1 Å². The summed E-state index contributed by atoms with van der Waals surface area (Å²) in [5.41, 5.74) is 3.93. The maximum atomic E-state index is 13.4. The number of anilines is 1. The summed E-state index contributed by atoms with van der Waals surface area (Å²) in [5, 5.41) is 0.751. The number of rotatable bonds is 0. The number of halogens is 1. The van der Waals surface area contributed by atoms with Gasteiger partial charge in [-0.1, -0.05) is 29.8 Å². The van der Waals surface area contributed by atoms with Gasteiger partial charge in [0.25, 0.3) is 10.0 Å². The van der Waals surface area contributed by atoms with Gasteiger partial charge in [0.15, 0.2) is 0 Å². The molecule has 1 amide bonds. The summed E-state index contributed by atoms with van der Waals surface area (Å²) in [7, 11) is -4.06. The molecule has 2 unspecified atom stereocenters. The Hall–Kier alpha value is -2.68. The van der Waals surface area contributed by atoms with Crippen molar-refractivity contribution in [3.05, 3.63) is 82.4 Å². The number of carbonyl (C=O) groups is 1. The summed E-state index contributed by atoms with van der Waals surface area (Å²) in [6.45, 7) is 2.10. The number of carbonyl (C=O) groups excluding carboxylic acids is 1. The molecule has 9 heteroatoms. The highest BCUT2D eigenvalue weighted by molar-refractivity contribution is 7.99. The van der Waals surface area contributed by atoms with E-state index < -0.39 is 15.9 Å². The standard InChI is InChI=1S/C32H33ClN2O4S2/c33-25-8-10-28-22(15-25)4-2-12-32(28)19-35-17-23-6-7-24(23)18-40-26-5-1-3-21(13-26)14-31(36)34-41(37,38)27-9-11-30(39-20-32)29(35)16-27/h1,3,5,8-11,13,15-16,23-24H,2,4,6-7,12,14,17-20H2,(H,34,36)/t23?,24-,32?/m0/s1. The van der Waals surface area contributed by atoms with Gasteiger partial charge >= 0.3 is 0 Å². The largest absolute Gasteiger partial charge is 0.490 e. The molecular formula is C32H33ClN2O4S2. The molecule has 3 aromatic rings. The number of ether oxygens (including phenoxy) is 1. The van der Waals surface area contributed by atoms with Crippen LogP contribution >= 0.6 is 23.4 Å². The summed E-state index contributed by atoms with van der Waals surface area (Å²) in [6.07, 6.45) is 5.40. The molecule has 41 heavy (non-hydrogen) atoms. The first-order valence-electron chi connectivity index (χ1n) is 14.4. The van der Waals surface area contributed by atoms with Crippen molar-refractivity contribution < 1.29 is 17.9 Å². The van der Waals surface area contributed by atoms with Crippen molar-refractivity contribution in [1.82, 2.24) is 4.72 Å². The van der Waals surface area contributed by atoms with E-state index in [1.165, 1.54) is 17.5 Å². The second kappa shape index (κ2) is 10.5. The Kier molecular flexibility index (Phi) is 6.99. The Morgan fingerprint density at radius 1 is 1.05 bits per heavy atom. The van der Waals surface area contributed by atoms with Crippen LogP contribution in [0.3, 0.4) is 0 Å². The van der Waals surface area contributed by atoms with Gasteiger partial charge in [0.1, 0.15) is 5.75 Å². The summed E-state index contributed by atoms with van der Waals surface area (Å²) in [6, 6.07) is 19.1. The van der Waals surface area contributed by atoms with Crippen molar-refractivity contribution in [2.24, 2.45) is 11.8 Å². The molecule has 2 aliphatic heterocycles. The third-order valence-corrected chi connectivity index (χ3v) is 12.1. The lowest BCUT2D eigenvalue weighted by Crippen LogP contribution is -2.48. The molecule has 4 bridgehead atoms. The van der Waals surface area contributed by atoms with Crippen molar-refractivity contribution in [1.29, 1.82) is 0 Å². The van der Waals surface area contributed by atoms with E-state index in [2.05, 4.69) is 27.8 Å². The predicted molar refractivity (Wildman–Crippen MR) is 163 cm³/mol. The molecule has 2 aliphatic carbocycles. The van der Waals surface area contributed by atoms with Crippen molar-refractivity contribution in [3.63, 3.8) is 0 Å². The summed E-state index contributed by atoms with van der Waals surface area (Å²) < 4.78 is 35.7. The fraction of sp³-hybridized carbons (Fsp3) is 0.406. The van der Waals surface area contributed by atoms with Crippen LogP contribution in [0.15, 0.2) is 70.5 Å². The second-order valence-electron chi connectivity index (χ2n) is 12.0. The molecule has 3 atom stereocenters. The zero-order chi connectivity index (χ0) is 28.2. The summed E-state index contributed by atoms with van der Waals surface area (Å²) >= 11 is 8.22. The third-order valence-electron chi connectivity index (χ3n) is 9.32. The Morgan fingerprint density at radius 2 is 1.93 bits per heavy atom. The van der Waals surface area contributed by atoms with Crippen molar-refractivity contribution >= 4 is 45.0 Å². The molecule has 1 fully saturated rings. The molecule has 1 N–H and O–H groups in total. The van der Waals surface area contributed by atoms with Crippen molar-refractivity contribution in [2.75, 3.05) is 30.3 Å². The van der Waals surface area contributed by atoms with Crippen molar-refractivity contribution in [2.45, 2.75) is 53.7 Å². The van der Waals surface area contributed by atoms with E-state index >= 15 is 0 Å². The molecule has 0 saturated heterocycles. The quantitative estimate of drug-likeness (QED) is 0.338. The van der Waals surface area contributed by atoms with Gasteiger partial charge in [0.05, 0.1) is 23.6 Å². The van der Waals surface area contributed by atoms with E-state index in [4.69, 9.17) is 16.3 Å². The van der Waals surface area contributed by atoms with Gasteiger partial charge in [-0.3, -0.25) is 4.79 Å². The molecule has 3 aromatic carbocycles. The van der Waals surface area contributed by atoms with Crippen LogP contribution in [-0.2, 0) is 33.1 Å². The van der Waals surface area contributed by atoms with E-state index in [0.717, 1.165) is 65.7 Å². The first-order valence-corrected chi connectivity index (χ1v) is 17.2. The zero-order valence-electron chi connectivity index (χ0n) is 22.8. The SMILES string of the molecule is O=C1Cc2cccc(c2)SC[C@@H]2CCC2CN2CC3(CCCc4cc(Cl)ccc43)COc3ccc(cc32)S(=O)(=O)N1. The summed E-state index contributed by atoms with van der Waals surface area (Å²) in [5.74, 6) is 2.26. The summed E-state index contributed by atoms with van der Waals surface area (Å²) in [4.78, 5) is 16.4. The zero-order valence-corrected chi connectivity index (χ0v) is 25.2. The van der Waals surface area contributed by atoms with E-state index in [0.29, 0.717) is 24.2 Å². The van der Waals surface area contributed by atoms with Crippen LogP contribution in [-0.4, -0.2) is 39.8 Å². The van der Waals surface area contributed by atoms with Gasteiger partial charge in [0.2, 0.25) is 5.91 Å². The lowest BCUT2D eigenvalue weighted by molar-refractivity contribution is -0.118. The van der Waals surface area contributed by atoms with Crippen LogP contribution in [0.5, 0.6) is 5.75 Å². The van der Waals surface area contributed by atoms with Crippen LogP contribution in [0.4, 0.5) is 5.69 Å². The molecule has 0 radical (unpaired) electrons. The minimum absolute atomic E-state index is 0.00576. The topological polar surface area (TPSA) is 75.7 Å². The van der Waals surface area contributed by atoms with E-state index in [-0.39, 0.29) is 16.7 Å². The molecule has 1 spiro atoms. The Morgan fingerprint density at radius 3 is 2.78 bits per heavy atom. The van der Waals surface area contributed by atoms with E-state index in [1.807, 2.05) is 36.0 Å². The molecule has 0 aromatic heterocycles. The number of sulfonamides is 1. The highest BCUT2D eigenvalue weighted by atomic mass is 35.5. The van der Waals surface area contributed by atoms with Crippen molar-refractivity contribution in [3.8, 4) is 5.75 Å². The van der Waals surface area contributed by atoms with Gasteiger partial charge in [0, 0.05) is 34.2 Å². The average Bonchev–Trinajstić information content (AvgIpc) is 3.07. The number of hydrogen-bond acceptors (Lipinski definition) is 6. The Balaban J connectivity index is 1.30. The number of aryl methyl sites for hydroxylation is 1. The number of nitrogens with one attached hydrogen (secondary N) is 1. The Bertz CT molecular complexity index is 1630. The van der Waals surface area contributed by atoms with Crippen LogP contribution in [0.1, 0.15) is 42.4 Å². The molecule has 4 aliphatic rings. The lowest BCUT2D eigenvalue weighted by atomic mass is 9.69. The number of hydrogen-bond donors (Lipinski definition) is 1. The third kappa shape index (κ3) is 5.23. The maximum absolute atomic E-state index is 13.4. The van der Waals surface area contributed by atoms with Crippen LogP contribution < -0.4 is 14.4 Å². The van der Waals surface area contributed by atoms with Crippen LogP contribution in [0.25, 0.3) is 0 Å². The van der Waals surface area contributed by atoms with Gasteiger partial charge in [-0.2, -0.15) is 0 Å². The second-order valence-corrected chi connectivity index (χ2v) is 15.2. The monoisotopic (exact) mass is 608 g/mol. The van der Waals surface area contributed by atoms with E-state index in [1.54, 1.807) is 18.2 Å². The van der Waals surface area contributed by atoms with Gasteiger partial charge in [-0.15, -0.1) is 11.8 Å². The smallest absolute Gasteiger partial charge is 0.264 e. The molecular weight excluding hydrogens is 576 g/mol. The fourth-order valence-electron chi connectivity index (χ4n) is 7.02. The lowest BCUT2D eigenvalue weighted by Gasteiger charge is -2.44. The normalized spacial score (nSPS) is 27.0. The predicted octanol–water partition coefficient (Wildman–Crippen LogP) is 5.99. The average molecular weight is 609 g/mol. The fourth-order valence-corrected chi connectivity index (χ4v) is 9.47. The maximum Gasteiger partial charge on any atom is 0.264 e. The van der Waals surface area contributed by atoms with Gasteiger partial charge < -0.3 is 9.64 Å². The van der Waals surface area contributed by atoms with Crippen LogP contribution in [0.2, 0.25) is 5.02 Å².